The van der Waals surface area contributed by atoms with Crippen molar-refractivity contribution >= 4 is 44.8 Å². The lowest BCUT2D eigenvalue weighted by molar-refractivity contribution is -0.383. The van der Waals surface area contributed by atoms with Gasteiger partial charge in [0.05, 0.1) is 17.6 Å². The monoisotopic (exact) mass is 427 g/mol. The average molecular weight is 429 g/mol. The van der Waals surface area contributed by atoms with E-state index in [0.717, 1.165) is 4.47 Å². The second-order valence-corrected chi connectivity index (χ2v) is 6.30. The number of nitro benzene ring substituents is 1. The maximum atomic E-state index is 12.2. The van der Waals surface area contributed by atoms with E-state index < -0.39 is 4.92 Å². The minimum atomic E-state index is -0.515. The molecule has 9 heteroatoms. The van der Waals surface area contributed by atoms with E-state index in [4.69, 9.17) is 16.3 Å². The van der Waals surface area contributed by atoms with Gasteiger partial charge in [-0.15, -0.1) is 0 Å². The number of nitrogens with zero attached hydrogens (tertiary/aromatic N) is 1. The number of benzene rings is 2. The van der Waals surface area contributed by atoms with Gasteiger partial charge in [0, 0.05) is 28.7 Å². The number of amides is 1. The SMILES string of the molecule is COc1ccc(Br)cc1C(=O)NCCNc1ccc(Cl)cc1[N+](=O)[O-]. The third-order valence-electron chi connectivity index (χ3n) is 3.29. The van der Waals surface area contributed by atoms with Crippen molar-refractivity contribution < 1.29 is 14.5 Å². The largest absolute Gasteiger partial charge is 0.496 e. The predicted molar refractivity (Wildman–Crippen MR) is 99.6 cm³/mol. The number of hydrogen-bond donors (Lipinski definition) is 2. The number of ether oxygens (including phenoxy) is 1. The zero-order valence-electron chi connectivity index (χ0n) is 13.2. The van der Waals surface area contributed by atoms with Crippen molar-refractivity contribution in [2.45, 2.75) is 0 Å². The molecule has 0 saturated carbocycles. The Balaban J connectivity index is 1.95. The molecule has 2 rings (SSSR count). The van der Waals surface area contributed by atoms with Gasteiger partial charge in [0.2, 0.25) is 0 Å². The minimum Gasteiger partial charge on any atom is -0.496 e. The summed E-state index contributed by atoms with van der Waals surface area (Å²) in [5.74, 6) is 0.160. The van der Waals surface area contributed by atoms with E-state index >= 15 is 0 Å². The minimum absolute atomic E-state index is 0.118. The molecule has 132 valence electrons. The van der Waals surface area contributed by atoms with Gasteiger partial charge < -0.3 is 15.4 Å². The lowest BCUT2D eigenvalue weighted by Gasteiger charge is -2.11. The molecule has 25 heavy (non-hydrogen) atoms. The first kappa shape index (κ1) is 19.0. The molecule has 0 fully saturated rings. The van der Waals surface area contributed by atoms with Crippen LogP contribution in [0.15, 0.2) is 40.9 Å². The Labute approximate surface area is 157 Å². The molecule has 0 bridgehead atoms. The Morgan fingerprint density at radius 3 is 2.72 bits per heavy atom. The van der Waals surface area contributed by atoms with Crippen molar-refractivity contribution in [3.8, 4) is 5.75 Å². The van der Waals surface area contributed by atoms with E-state index in [1.165, 1.54) is 19.2 Å². The summed E-state index contributed by atoms with van der Waals surface area (Å²) in [6.07, 6.45) is 0. The number of carbonyl (C=O) groups excluding carboxylic acids is 1. The van der Waals surface area contributed by atoms with Gasteiger partial charge in [-0.25, -0.2) is 0 Å². The average Bonchev–Trinajstić information content (AvgIpc) is 2.59. The molecule has 7 nitrogen and oxygen atoms in total. The van der Waals surface area contributed by atoms with Crippen LogP contribution in [-0.4, -0.2) is 31.0 Å². The quantitative estimate of drug-likeness (QED) is 0.397. The van der Waals surface area contributed by atoms with Crippen LogP contribution in [0.1, 0.15) is 10.4 Å². The summed E-state index contributed by atoms with van der Waals surface area (Å²) in [5.41, 5.74) is 0.616. The third kappa shape index (κ3) is 5.07. The molecule has 0 atom stereocenters. The number of nitrogens with one attached hydrogen (secondary N) is 2. The van der Waals surface area contributed by atoms with Gasteiger partial charge >= 0.3 is 0 Å². The van der Waals surface area contributed by atoms with Crippen molar-refractivity contribution in [3.63, 3.8) is 0 Å². The summed E-state index contributed by atoms with van der Waals surface area (Å²) < 4.78 is 5.92. The molecule has 0 aliphatic carbocycles. The highest BCUT2D eigenvalue weighted by Crippen LogP contribution is 2.27. The van der Waals surface area contributed by atoms with Crippen molar-refractivity contribution in [3.05, 3.63) is 61.6 Å². The fourth-order valence-corrected chi connectivity index (χ4v) is 2.66. The Morgan fingerprint density at radius 1 is 1.28 bits per heavy atom. The Hall–Kier alpha value is -2.32. The molecule has 1 amide bonds. The summed E-state index contributed by atoms with van der Waals surface area (Å²) in [6, 6.07) is 9.48. The van der Waals surface area contributed by atoms with Crippen LogP contribution >= 0.6 is 27.5 Å². The van der Waals surface area contributed by atoms with E-state index in [-0.39, 0.29) is 23.2 Å². The van der Waals surface area contributed by atoms with Crippen LogP contribution in [0.2, 0.25) is 5.02 Å². The normalized spacial score (nSPS) is 10.2. The zero-order chi connectivity index (χ0) is 18.4. The molecule has 2 aromatic rings. The van der Waals surface area contributed by atoms with Gasteiger partial charge in [-0.1, -0.05) is 27.5 Å². The second-order valence-electron chi connectivity index (χ2n) is 4.95. The van der Waals surface area contributed by atoms with Gasteiger partial charge in [-0.3, -0.25) is 14.9 Å². The molecular formula is C16H15BrClN3O4. The van der Waals surface area contributed by atoms with Crippen molar-refractivity contribution in [1.82, 2.24) is 5.32 Å². The number of rotatable bonds is 7. The summed E-state index contributed by atoms with van der Waals surface area (Å²) in [5, 5.41) is 17.0. The molecular weight excluding hydrogens is 414 g/mol. The molecule has 0 aromatic heterocycles. The molecule has 0 heterocycles. The summed E-state index contributed by atoms with van der Waals surface area (Å²) >= 11 is 9.08. The van der Waals surface area contributed by atoms with Crippen LogP contribution in [0, 0.1) is 10.1 Å². The summed E-state index contributed by atoms with van der Waals surface area (Å²) in [7, 11) is 1.49. The van der Waals surface area contributed by atoms with Gasteiger partial charge in [0.25, 0.3) is 11.6 Å². The van der Waals surface area contributed by atoms with Crippen LogP contribution < -0.4 is 15.4 Å². The maximum Gasteiger partial charge on any atom is 0.293 e. The number of hydrogen-bond acceptors (Lipinski definition) is 5. The number of methoxy groups -OCH3 is 1. The van der Waals surface area contributed by atoms with E-state index in [2.05, 4.69) is 26.6 Å². The Kier molecular flexibility index (Phi) is 6.60. The molecule has 0 aliphatic heterocycles. The molecule has 0 spiro atoms. The smallest absolute Gasteiger partial charge is 0.293 e. The standard InChI is InChI=1S/C16H15BrClN3O4/c1-25-15-5-2-10(17)8-12(15)16(22)20-7-6-19-13-4-3-11(18)9-14(13)21(23)24/h2-5,8-9,19H,6-7H2,1H3,(H,20,22). The van der Waals surface area contributed by atoms with Crippen LogP contribution in [-0.2, 0) is 0 Å². The van der Waals surface area contributed by atoms with Crippen molar-refractivity contribution in [1.29, 1.82) is 0 Å². The predicted octanol–water partition coefficient (Wildman–Crippen LogP) is 3.86. The molecule has 2 aromatic carbocycles. The third-order valence-corrected chi connectivity index (χ3v) is 4.02. The summed E-state index contributed by atoms with van der Waals surface area (Å²) in [6.45, 7) is 0.582. The van der Waals surface area contributed by atoms with Crippen LogP contribution in [0.25, 0.3) is 0 Å². The van der Waals surface area contributed by atoms with E-state index in [9.17, 15) is 14.9 Å². The van der Waals surface area contributed by atoms with E-state index in [0.29, 0.717) is 23.5 Å². The van der Waals surface area contributed by atoms with E-state index in [1.807, 2.05) is 0 Å². The fraction of sp³-hybridized carbons (Fsp3) is 0.188. The first-order valence-electron chi connectivity index (χ1n) is 7.22. The number of halogens is 2. The highest BCUT2D eigenvalue weighted by Gasteiger charge is 2.15. The summed E-state index contributed by atoms with van der Waals surface area (Å²) in [4.78, 5) is 22.7. The van der Waals surface area contributed by atoms with Gasteiger partial charge in [-0.2, -0.15) is 0 Å². The van der Waals surface area contributed by atoms with Gasteiger partial charge in [0.1, 0.15) is 11.4 Å². The lowest BCUT2D eigenvalue weighted by atomic mass is 10.2. The number of carbonyl (C=O) groups is 1. The fourth-order valence-electron chi connectivity index (χ4n) is 2.13. The molecule has 0 saturated heterocycles. The lowest BCUT2D eigenvalue weighted by Crippen LogP contribution is -2.29. The van der Waals surface area contributed by atoms with Crippen LogP contribution in [0.3, 0.4) is 0 Å². The first-order chi connectivity index (χ1) is 11.9. The zero-order valence-corrected chi connectivity index (χ0v) is 15.6. The van der Waals surface area contributed by atoms with Crippen LogP contribution in [0.4, 0.5) is 11.4 Å². The number of nitro groups is 1. The maximum absolute atomic E-state index is 12.2. The first-order valence-corrected chi connectivity index (χ1v) is 8.39. The van der Waals surface area contributed by atoms with Crippen molar-refractivity contribution in [2.24, 2.45) is 0 Å². The van der Waals surface area contributed by atoms with Crippen LogP contribution in [0.5, 0.6) is 5.75 Å². The second kappa shape index (κ2) is 8.68. The molecule has 0 aliphatic rings. The molecule has 0 radical (unpaired) electrons. The Morgan fingerprint density at radius 2 is 2.04 bits per heavy atom. The van der Waals surface area contributed by atoms with E-state index in [1.54, 1.807) is 24.3 Å². The highest BCUT2D eigenvalue weighted by molar-refractivity contribution is 9.10. The Bertz CT molecular complexity index is 801. The van der Waals surface area contributed by atoms with Crippen molar-refractivity contribution in [2.75, 3.05) is 25.5 Å². The van der Waals surface area contributed by atoms with Gasteiger partial charge in [0.15, 0.2) is 0 Å². The highest BCUT2D eigenvalue weighted by atomic mass is 79.9. The topological polar surface area (TPSA) is 93.5 Å². The number of anilines is 1. The van der Waals surface area contributed by atoms with Gasteiger partial charge in [-0.05, 0) is 30.3 Å². The molecule has 0 unspecified atom stereocenters. The molecule has 2 N–H and O–H groups in total.